The van der Waals surface area contributed by atoms with E-state index in [9.17, 15) is 4.79 Å². The molecule has 0 aliphatic rings. The molecule has 0 fully saturated rings. The topological polar surface area (TPSA) is 69.0 Å². The Kier molecular flexibility index (Phi) is 6.82. The second-order valence-electron chi connectivity index (χ2n) is 7.58. The SMILES string of the molecule is Cc1ccc(NC(=O)CSc2nnc(C(C)Oc3ccc(C)cc3C)n2C)c(C)c1. The van der Waals surface area contributed by atoms with Crippen molar-refractivity contribution in [2.45, 2.75) is 45.9 Å². The fourth-order valence-corrected chi connectivity index (χ4v) is 3.97. The molecule has 3 aromatic rings. The lowest BCUT2D eigenvalue weighted by molar-refractivity contribution is -0.113. The molecule has 0 spiro atoms. The highest BCUT2D eigenvalue weighted by Gasteiger charge is 2.19. The van der Waals surface area contributed by atoms with Gasteiger partial charge in [-0.25, -0.2) is 0 Å². The van der Waals surface area contributed by atoms with E-state index >= 15 is 0 Å². The predicted octanol–water partition coefficient (Wildman–Crippen LogP) is 4.92. The third kappa shape index (κ3) is 5.21. The van der Waals surface area contributed by atoms with Gasteiger partial charge < -0.3 is 14.6 Å². The number of anilines is 1. The Morgan fingerprint density at radius 1 is 1.07 bits per heavy atom. The van der Waals surface area contributed by atoms with E-state index in [4.69, 9.17) is 4.74 Å². The number of carbonyl (C=O) groups excluding carboxylic acids is 1. The number of thioether (sulfide) groups is 1. The van der Waals surface area contributed by atoms with Crippen LogP contribution in [0.5, 0.6) is 5.75 Å². The van der Waals surface area contributed by atoms with Crippen molar-refractivity contribution in [3.05, 3.63) is 64.5 Å². The molecule has 1 aromatic heterocycles. The molecule has 0 saturated heterocycles. The van der Waals surface area contributed by atoms with Gasteiger partial charge in [-0.05, 0) is 57.9 Å². The number of benzene rings is 2. The summed E-state index contributed by atoms with van der Waals surface area (Å²) < 4.78 is 7.97. The van der Waals surface area contributed by atoms with Gasteiger partial charge in [-0.15, -0.1) is 10.2 Å². The Morgan fingerprint density at radius 3 is 2.40 bits per heavy atom. The molecule has 0 radical (unpaired) electrons. The van der Waals surface area contributed by atoms with Crippen molar-refractivity contribution < 1.29 is 9.53 Å². The standard InChI is InChI=1S/C23H28N4O2S/c1-14-7-9-19(16(3)11-14)24-21(28)13-30-23-26-25-22(27(23)6)18(5)29-20-10-8-15(2)12-17(20)4/h7-12,18H,13H2,1-6H3,(H,24,28). The predicted molar refractivity (Wildman–Crippen MR) is 121 cm³/mol. The summed E-state index contributed by atoms with van der Waals surface area (Å²) in [4.78, 5) is 12.4. The number of aromatic nitrogens is 3. The highest BCUT2D eigenvalue weighted by Crippen LogP contribution is 2.26. The van der Waals surface area contributed by atoms with E-state index in [1.54, 1.807) is 0 Å². The molecule has 30 heavy (non-hydrogen) atoms. The van der Waals surface area contributed by atoms with Gasteiger partial charge >= 0.3 is 0 Å². The number of amides is 1. The van der Waals surface area contributed by atoms with Crippen LogP contribution < -0.4 is 10.1 Å². The molecule has 158 valence electrons. The van der Waals surface area contributed by atoms with Gasteiger partial charge in [0.05, 0.1) is 5.75 Å². The van der Waals surface area contributed by atoms with Crippen molar-refractivity contribution in [2.24, 2.45) is 7.05 Å². The maximum atomic E-state index is 12.4. The van der Waals surface area contributed by atoms with Crippen molar-refractivity contribution in [1.82, 2.24) is 14.8 Å². The van der Waals surface area contributed by atoms with Crippen molar-refractivity contribution in [1.29, 1.82) is 0 Å². The third-order valence-corrected chi connectivity index (χ3v) is 5.87. The summed E-state index contributed by atoms with van der Waals surface area (Å²) in [6.45, 7) is 10.1. The molecule has 0 aliphatic carbocycles. The zero-order chi connectivity index (χ0) is 21.8. The normalized spacial score (nSPS) is 11.9. The molecule has 6 nitrogen and oxygen atoms in total. The first-order valence-electron chi connectivity index (χ1n) is 9.87. The quantitative estimate of drug-likeness (QED) is 0.545. The number of nitrogens with one attached hydrogen (secondary N) is 1. The number of nitrogens with zero attached hydrogens (tertiary/aromatic N) is 3. The number of hydrogen-bond donors (Lipinski definition) is 1. The smallest absolute Gasteiger partial charge is 0.234 e. The van der Waals surface area contributed by atoms with Gasteiger partial charge in [-0.2, -0.15) is 0 Å². The van der Waals surface area contributed by atoms with Crippen molar-refractivity contribution in [2.75, 3.05) is 11.1 Å². The van der Waals surface area contributed by atoms with E-state index in [1.807, 2.05) is 63.6 Å². The summed E-state index contributed by atoms with van der Waals surface area (Å²) >= 11 is 1.35. The first-order valence-corrected chi connectivity index (χ1v) is 10.9. The monoisotopic (exact) mass is 424 g/mol. The molecule has 2 aromatic carbocycles. The van der Waals surface area contributed by atoms with Crippen LogP contribution in [0, 0.1) is 27.7 Å². The van der Waals surface area contributed by atoms with Gasteiger partial charge in [0.15, 0.2) is 17.1 Å². The van der Waals surface area contributed by atoms with Gasteiger partial charge in [-0.3, -0.25) is 4.79 Å². The maximum Gasteiger partial charge on any atom is 0.234 e. The molecule has 0 saturated carbocycles. The van der Waals surface area contributed by atoms with E-state index in [0.29, 0.717) is 11.0 Å². The molecule has 3 rings (SSSR count). The highest BCUT2D eigenvalue weighted by molar-refractivity contribution is 7.99. The lowest BCUT2D eigenvalue weighted by Gasteiger charge is -2.16. The van der Waals surface area contributed by atoms with Gasteiger partial charge in [0, 0.05) is 12.7 Å². The van der Waals surface area contributed by atoms with Crippen LogP contribution in [0.3, 0.4) is 0 Å². The van der Waals surface area contributed by atoms with Crippen LogP contribution in [0.2, 0.25) is 0 Å². The zero-order valence-corrected chi connectivity index (χ0v) is 19.1. The van der Waals surface area contributed by atoms with Crippen LogP contribution in [-0.2, 0) is 11.8 Å². The number of carbonyl (C=O) groups is 1. The number of rotatable bonds is 7. The zero-order valence-electron chi connectivity index (χ0n) is 18.3. The fraction of sp³-hybridized carbons (Fsp3) is 0.348. The molecule has 0 bridgehead atoms. The molecule has 1 N–H and O–H groups in total. The molecular formula is C23H28N4O2S. The van der Waals surface area contributed by atoms with Gasteiger partial charge in [0.25, 0.3) is 0 Å². The van der Waals surface area contributed by atoms with E-state index in [0.717, 1.165) is 22.6 Å². The average molecular weight is 425 g/mol. The summed E-state index contributed by atoms with van der Waals surface area (Å²) in [5, 5.41) is 12.2. The second kappa shape index (κ2) is 9.34. The molecule has 7 heteroatoms. The van der Waals surface area contributed by atoms with Crippen LogP contribution >= 0.6 is 11.8 Å². The van der Waals surface area contributed by atoms with Crippen LogP contribution in [0.4, 0.5) is 5.69 Å². The summed E-state index contributed by atoms with van der Waals surface area (Å²) in [7, 11) is 1.89. The Morgan fingerprint density at radius 2 is 1.73 bits per heavy atom. The Labute approximate surface area is 182 Å². The minimum atomic E-state index is -0.262. The molecule has 1 atom stereocenters. The number of ether oxygens (including phenoxy) is 1. The van der Waals surface area contributed by atoms with E-state index in [2.05, 4.69) is 34.6 Å². The van der Waals surface area contributed by atoms with Crippen LogP contribution in [0.1, 0.15) is 41.1 Å². The Hall–Kier alpha value is -2.80. The highest BCUT2D eigenvalue weighted by atomic mass is 32.2. The molecule has 1 unspecified atom stereocenters. The minimum absolute atomic E-state index is 0.0731. The minimum Gasteiger partial charge on any atom is -0.482 e. The van der Waals surface area contributed by atoms with E-state index in [-0.39, 0.29) is 17.8 Å². The summed E-state index contributed by atoms with van der Waals surface area (Å²) in [6, 6.07) is 12.1. The van der Waals surface area contributed by atoms with Crippen LogP contribution in [-0.4, -0.2) is 26.4 Å². The second-order valence-corrected chi connectivity index (χ2v) is 8.53. The summed E-state index contributed by atoms with van der Waals surface area (Å²) in [5.74, 6) is 1.73. The molecule has 0 aliphatic heterocycles. The lowest BCUT2D eigenvalue weighted by Crippen LogP contribution is -2.15. The van der Waals surface area contributed by atoms with Gasteiger partial charge in [-0.1, -0.05) is 47.2 Å². The third-order valence-electron chi connectivity index (χ3n) is 4.85. The Balaban J connectivity index is 1.61. The van der Waals surface area contributed by atoms with E-state index < -0.39 is 0 Å². The first kappa shape index (κ1) is 21.9. The fourth-order valence-electron chi connectivity index (χ4n) is 3.25. The van der Waals surface area contributed by atoms with Crippen molar-refractivity contribution >= 4 is 23.4 Å². The van der Waals surface area contributed by atoms with E-state index in [1.165, 1.54) is 22.9 Å². The molecule has 1 amide bonds. The number of aryl methyl sites for hydroxylation is 4. The van der Waals surface area contributed by atoms with Gasteiger partial charge in [0.2, 0.25) is 5.91 Å². The van der Waals surface area contributed by atoms with Gasteiger partial charge in [0.1, 0.15) is 5.75 Å². The van der Waals surface area contributed by atoms with Crippen LogP contribution in [0.25, 0.3) is 0 Å². The Bertz CT molecular complexity index is 1060. The van der Waals surface area contributed by atoms with Crippen molar-refractivity contribution in [3.63, 3.8) is 0 Å². The van der Waals surface area contributed by atoms with Crippen molar-refractivity contribution in [3.8, 4) is 5.75 Å². The number of hydrogen-bond acceptors (Lipinski definition) is 5. The first-order chi connectivity index (χ1) is 14.2. The summed E-state index contributed by atoms with van der Waals surface area (Å²) in [5.41, 5.74) is 5.33. The van der Waals surface area contributed by atoms with Crippen LogP contribution in [0.15, 0.2) is 41.6 Å². The maximum absolute atomic E-state index is 12.4. The average Bonchev–Trinajstić information content (AvgIpc) is 3.05. The molecule has 1 heterocycles. The summed E-state index contributed by atoms with van der Waals surface area (Å²) in [6.07, 6.45) is -0.262. The largest absolute Gasteiger partial charge is 0.482 e. The lowest BCUT2D eigenvalue weighted by atomic mass is 10.1. The molecular weight excluding hydrogens is 396 g/mol.